The fourth-order valence-electron chi connectivity index (χ4n) is 3.53. The number of thioether (sulfide) groups is 1. The zero-order valence-electron chi connectivity index (χ0n) is 15.2. The minimum Gasteiger partial charge on any atom is -0.365 e. The lowest BCUT2D eigenvalue weighted by Crippen LogP contribution is -2.62. The largest absolute Gasteiger partial charge is 0.365 e. The van der Waals surface area contributed by atoms with E-state index in [0.717, 1.165) is 12.2 Å². The van der Waals surface area contributed by atoms with Gasteiger partial charge in [0.25, 0.3) is 0 Å². The van der Waals surface area contributed by atoms with Gasteiger partial charge in [-0.3, -0.25) is 9.59 Å². The number of carbonyl (C=O) groups is 2. The van der Waals surface area contributed by atoms with Gasteiger partial charge in [-0.2, -0.15) is 12.6 Å². The first-order chi connectivity index (χ1) is 11.5. The van der Waals surface area contributed by atoms with Crippen molar-refractivity contribution in [3.05, 3.63) is 0 Å². The first kappa shape index (κ1) is 20.9. The summed E-state index contributed by atoms with van der Waals surface area (Å²) in [5.74, 6) is 2.32. The molecule has 0 saturated carbocycles. The van der Waals surface area contributed by atoms with E-state index in [1.807, 2.05) is 13.8 Å². The van der Waals surface area contributed by atoms with Crippen molar-refractivity contribution in [1.82, 2.24) is 15.5 Å². The van der Waals surface area contributed by atoms with Gasteiger partial charge in [0.2, 0.25) is 11.8 Å². The first-order valence-electron chi connectivity index (χ1n) is 8.39. The van der Waals surface area contributed by atoms with E-state index in [1.54, 1.807) is 32.3 Å². The number of nitrogens with one attached hydrogen (secondary N) is 2. The van der Waals surface area contributed by atoms with Crippen molar-refractivity contribution in [2.24, 2.45) is 5.41 Å². The molecular weight excluding hydrogens is 390 g/mol. The monoisotopic (exact) mass is 417 g/mol. The molecule has 2 heterocycles. The molecule has 2 rings (SSSR count). The zero-order chi connectivity index (χ0) is 19.0. The van der Waals surface area contributed by atoms with Gasteiger partial charge in [-0.25, -0.2) is 0 Å². The molecule has 25 heavy (non-hydrogen) atoms. The predicted octanol–water partition coefficient (Wildman–Crippen LogP) is 0.579. The average molecular weight is 418 g/mol. The Bertz CT molecular complexity index is 599. The molecule has 2 aliphatic rings. The van der Waals surface area contributed by atoms with E-state index in [-0.39, 0.29) is 27.9 Å². The highest BCUT2D eigenvalue weighted by Gasteiger charge is 2.56. The molecule has 0 radical (unpaired) electrons. The van der Waals surface area contributed by atoms with Crippen molar-refractivity contribution in [3.63, 3.8) is 0 Å². The highest BCUT2D eigenvalue weighted by Crippen LogP contribution is 2.47. The number of thiocarbonyl (C=S) groups is 1. The van der Waals surface area contributed by atoms with Gasteiger partial charge < -0.3 is 15.5 Å². The maximum atomic E-state index is 13.5. The van der Waals surface area contributed by atoms with E-state index in [1.165, 1.54) is 0 Å². The van der Waals surface area contributed by atoms with Gasteiger partial charge in [0.15, 0.2) is 0 Å². The third-order valence-electron chi connectivity index (χ3n) is 4.92. The number of carbonyl (C=O) groups excluding carboxylic acids is 2. The van der Waals surface area contributed by atoms with E-state index in [4.69, 9.17) is 12.2 Å². The fourth-order valence-corrected chi connectivity index (χ4v) is 5.75. The molecule has 2 fully saturated rings. The molecule has 0 aromatic heterocycles. The Morgan fingerprint density at radius 2 is 2.16 bits per heavy atom. The molecular formula is C16H27N3O2S3Si. The maximum absolute atomic E-state index is 13.5. The Balaban J connectivity index is 2.38. The maximum Gasteiger partial charge on any atom is 0.249 e. The third kappa shape index (κ3) is 4.14. The SMILES string of the molecule is C[C@H](S)C(=S)N[C@]1(C)CCS[C@H]2CC(C)(C)[C@@H](C(=O)NC=[SiH2])N2C1=O. The van der Waals surface area contributed by atoms with Crippen molar-refractivity contribution in [3.8, 4) is 0 Å². The molecule has 0 bridgehead atoms. The average Bonchev–Trinajstić information content (AvgIpc) is 2.70. The second kappa shape index (κ2) is 7.70. The van der Waals surface area contributed by atoms with Crippen molar-refractivity contribution in [2.75, 3.05) is 5.75 Å². The summed E-state index contributed by atoms with van der Waals surface area (Å²) < 4.78 is 0. The molecule has 0 aliphatic carbocycles. The van der Waals surface area contributed by atoms with E-state index in [2.05, 4.69) is 37.1 Å². The number of thiol groups is 1. The van der Waals surface area contributed by atoms with Crippen LogP contribution < -0.4 is 10.6 Å². The van der Waals surface area contributed by atoms with Crippen LogP contribution in [0.4, 0.5) is 0 Å². The Morgan fingerprint density at radius 1 is 1.52 bits per heavy atom. The lowest BCUT2D eigenvalue weighted by atomic mass is 9.83. The second-order valence-electron chi connectivity index (χ2n) is 7.59. The summed E-state index contributed by atoms with van der Waals surface area (Å²) in [7, 11) is 1.57. The highest BCUT2D eigenvalue weighted by atomic mass is 32.2. The van der Waals surface area contributed by atoms with E-state index >= 15 is 0 Å². The molecule has 5 nitrogen and oxygen atoms in total. The van der Waals surface area contributed by atoms with Crippen LogP contribution in [0, 0.1) is 5.41 Å². The van der Waals surface area contributed by atoms with Crippen LogP contribution in [0.1, 0.15) is 40.5 Å². The van der Waals surface area contributed by atoms with E-state index in [9.17, 15) is 9.59 Å². The summed E-state index contributed by atoms with van der Waals surface area (Å²) in [6, 6.07) is -0.486. The Morgan fingerprint density at radius 3 is 2.72 bits per heavy atom. The van der Waals surface area contributed by atoms with Gasteiger partial charge in [0.05, 0.1) is 10.4 Å². The summed E-state index contributed by atoms with van der Waals surface area (Å²) >= 11 is 11.5. The molecule has 0 aromatic carbocycles. The molecule has 0 unspecified atom stereocenters. The third-order valence-corrected chi connectivity index (χ3v) is 7.23. The molecule has 2 saturated heterocycles. The highest BCUT2D eigenvalue weighted by molar-refractivity contribution is 7.99. The Hall–Kier alpha value is -0.383. The van der Waals surface area contributed by atoms with Crippen LogP contribution >= 0.6 is 36.6 Å². The standard InChI is InChI=1S/C16H27N3O2S3Si/c1-9(22)13(23)18-16(4)5-6-24-10-7-15(2,3)11(12(20)17-8-25)19(10)14(16)21/h8-11,22H,5-7,25H2,1-4H3,(H,17,20)(H,18,23)/t9-,10-,11+,16+/m0/s1. The summed E-state index contributed by atoms with van der Waals surface area (Å²) in [6.45, 7) is 7.88. The summed E-state index contributed by atoms with van der Waals surface area (Å²) in [5, 5.41) is 5.91. The fraction of sp³-hybridized carbons (Fsp3) is 0.750. The van der Waals surface area contributed by atoms with E-state index < -0.39 is 11.6 Å². The number of hydrogen-bond acceptors (Lipinski definition) is 5. The van der Waals surface area contributed by atoms with Gasteiger partial charge in [0.1, 0.15) is 11.6 Å². The van der Waals surface area contributed by atoms with Gasteiger partial charge in [0, 0.05) is 5.25 Å². The number of fused-ring (bicyclic) bond motifs is 1. The van der Waals surface area contributed by atoms with Crippen LogP contribution in [0.15, 0.2) is 0 Å². The number of rotatable bonds is 4. The molecule has 0 aromatic rings. The lowest BCUT2D eigenvalue weighted by molar-refractivity contribution is -0.144. The first-order valence-corrected chi connectivity index (χ1v) is 11.2. The lowest BCUT2D eigenvalue weighted by Gasteiger charge is -2.38. The van der Waals surface area contributed by atoms with Crippen molar-refractivity contribution < 1.29 is 9.59 Å². The van der Waals surface area contributed by atoms with Crippen molar-refractivity contribution in [2.45, 2.75) is 62.7 Å². The molecule has 4 atom stereocenters. The van der Waals surface area contributed by atoms with Crippen LogP contribution in [0.2, 0.25) is 0 Å². The van der Waals surface area contributed by atoms with Crippen LogP contribution in [-0.2, 0) is 9.59 Å². The van der Waals surface area contributed by atoms with Gasteiger partial charge in [-0.15, -0.1) is 11.8 Å². The van der Waals surface area contributed by atoms with Crippen LogP contribution in [0.3, 0.4) is 0 Å². The van der Waals surface area contributed by atoms with Gasteiger partial charge >= 0.3 is 0 Å². The van der Waals surface area contributed by atoms with Gasteiger partial charge in [-0.1, -0.05) is 26.1 Å². The number of amides is 2. The summed E-state index contributed by atoms with van der Waals surface area (Å²) in [5.41, 5.74) is -1.09. The quantitative estimate of drug-likeness (QED) is 0.355. The number of hydrogen-bond donors (Lipinski definition) is 3. The van der Waals surface area contributed by atoms with Crippen molar-refractivity contribution in [1.29, 1.82) is 0 Å². The van der Waals surface area contributed by atoms with Crippen molar-refractivity contribution >= 4 is 69.1 Å². The molecule has 2 N–H and O–H groups in total. The normalized spacial score (nSPS) is 32.4. The predicted molar refractivity (Wildman–Crippen MR) is 115 cm³/mol. The Kier molecular flexibility index (Phi) is 6.44. The zero-order valence-corrected chi connectivity index (χ0v) is 19.1. The van der Waals surface area contributed by atoms with Crippen LogP contribution in [-0.4, -0.2) is 65.3 Å². The van der Waals surface area contributed by atoms with Gasteiger partial charge in [-0.05, 0) is 53.5 Å². The molecule has 2 aliphatic heterocycles. The van der Waals surface area contributed by atoms with Crippen LogP contribution in [0.5, 0.6) is 0 Å². The summed E-state index contributed by atoms with van der Waals surface area (Å²) in [4.78, 5) is 28.6. The van der Waals surface area contributed by atoms with Crippen LogP contribution in [0.25, 0.3) is 0 Å². The second-order valence-corrected chi connectivity index (χ2v) is 10.5. The summed E-state index contributed by atoms with van der Waals surface area (Å²) in [6.07, 6.45) is 1.47. The minimum absolute atomic E-state index is 0.0168. The topological polar surface area (TPSA) is 61.4 Å². The van der Waals surface area contributed by atoms with E-state index in [0.29, 0.717) is 11.4 Å². The minimum atomic E-state index is -0.813. The molecule has 0 spiro atoms. The molecule has 9 heteroatoms. The smallest absolute Gasteiger partial charge is 0.249 e. The molecule has 2 amide bonds. The Labute approximate surface area is 167 Å². The molecule has 140 valence electrons. The number of nitrogens with zero attached hydrogens (tertiary/aromatic N) is 1.